The van der Waals surface area contributed by atoms with Gasteiger partial charge in [0.2, 0.25) is 0 Å². The number of nitrogens with zero attached hydrogens (tertiary/aromatic N) is 1. The summed E-state index contributed by atoms with van der Waals surface area (Å²) in [4.78, 5) is 15.9. The van der Waals surface area contributed by atoms with Crippen LogP contribution < -0.4 is 0 Å². The molecule has 2 rings (SSSR count). The van der Waals surface area contributed by atoms with Gasteiger partial charge in [0.05, 0.1) is 13.3 Å². The molecule has 0 aliphatic rings. The topological polar surface area (TPSA) is 39.2 Å². The number of aromatic nitrogens is 1. The van der Waals surface area contributed by atoms with Gasteiger partial charge in [-0.15, -0.1) is 11.3 Å². The lowest BCUT2D eigenvalue weighted by Gasteiger charge is -1.92. The third kappa shape index (κ3) is 3.27. The van der Waals surface area contributed by atoms with Crippen molar-refractivity contribution in [1.82, 2.24) is 4.98 Å². The Morgan fingerprint density at radius 2 is 2.06 bits per heavy atom. The van der Waals surface area contributed by atoms with Crippen molar-refractivity contribution in [1.29, 1.82) is 0 Å². The molecule has 92 valence electrons. The van der Waals surface area contributed by atoms with E-state index in [1.165, 1.54) is 24.6 Å². The van der Waals surface area contributed by atoms with Gasteiger partial charge < -0.3 is 4.74 Å². The third-order valence-corrected chi connectivity index (χ3v) is 3.67. The Kier molecular flexibility index (Phi) is 4.28. The molecule has 2 aromatic rings. The predicted octanol–water partition coefficient (Wildman–Crippen LogP) is 3.86. The van der Waals surface area contributed by atoms with E-state index in [0.29, 0.717) is 4.88 Å². The molecule has 0 aliphatic carbocycles. The molecule has 18 heavy (non-hydrogen) atoms. The molecule has 0 radical (unpaired) electrons. The van der Waals surface area contributed by atoms with Crippen LogP contribution in [0.4, 0.5) is 0 Å². The monoisotopic (exact) mass is 323 g/mol. The van der Waals surface area contributed by atoms with Crippen LogP contribution in [0.1, 0.15) is 20.2 Å². The smallest absolute Gasteiger partial charge is 0.349 e. The zero-order valence-electron chi connectivity index (χ0n) is 9.59. The second kappa shape index (κ2) is 5.93. The lowest BCUT2D eigenvalue weighted by atomic mass is 10.2. The molecule has 1 aromatic carbocycles. The van der Waals surface area contributed by atoms with Crippen molar-refractivity contribution in [2.45, 2.75) is 0 Å². The molecule has 0 bridgehead atoms. The Morgan fingerprint density at radius 3 is 2.72 bits per heavy atom. The highest BCUT2D eigenvalue weighted by atomic mass is 79.9. The van der Waals surface area contributed by atoms with E-state index >= 15 is 0 Å². The highest BCUT2D eigenvalue weighted by Gasteiger charge is 2.08. The molecular weight excluding hydrogens is 314 g/mol. The molecule has 1 heterocycles. The summed E-state index contributed by atoms with van der Waals surface area (Å²) in [7, 11) is 1.36. The molecule has 1 aromatic heterocycles. The van der Waals surface area contributed by atoms with Crippen LogP contribution in [0.5, 0.6) is 0 Å². The molecule has 0 spiro atoms. The van der Waals surface area contributed by atoms with E-state index < -0.39 is 0 Å². The van der Waals surface area contributed by atoms with Crippen LogP contribution in [0.2, 0.25) is 0 Å². The van der Waals surface area contributed by atoms with E-state index in [1.807, 2.05) is 36.4 Å². The average Bonchev–Trinajstić information content (AvgIpc) is 2.86. The fraction of sp³-hybridized carbons (Fsp3) is 0.0769. The number of hydrogen-bond donors (Lipinski definition) is 0. The zero-order valence-corrected chi connectivity index (χ0v) is 12.0. The maximum Gasteiger partial charge on any atom is 0.349 e. The molecule has 0 N–H and O–H groups in total. The van der Waals surface area contributed by atoms with Gasteiger partial charge in [0.15, 0.2) is 0 Å². The van der Waals surface area contributed by atoms with Gasteiger partial charge in [0.25, 0.3) is 0 Å². The molecule has 0 aliphatic heterocycles. The fourth-order valence-electron chi connectivity index (χ4n) is 1.30. The van der Waals surface area contributed by atoms with Crippen molar-refractivity contribution >= 4 is 45.4 Å². The fourth-order valence-corrected chi connectivity index (χ4v) is 2.30. The predicted molar refractivity (Wildman–Crippen MR) is 76.5 cm³/mol. The minimum atomic E-state index is -0.351. The van der Waals surface area contributed by atoms with Crippen molar-refractivity contribution in [2.75, 3.05) is 7.11 Å². The standard InChI is InChI=1S/C13H10BrNO2S/c1-17-13(16)11-8-15-12(18-11)7-4-9-2-5-10(14)6-3-9/h2-8H,1H3. The number of rotatable bonds is 3. The summed E-state index contributed by atoms with van der Waals surface area (Å²) in [6.07, 6.45) is 5.35. The zero-order chi connectivity index (χ0) is 13.0. The van der Waals surface area contributed by atoms with Crippen LogP contribution >= 0.6 is 27.3 Å². The van der Waals surface area contributed by atoms with Crippen LogP contribution in [0.15, 0.2) is 34.9 Å². The lowest BCUT2D eigenvalue weighted by Crippen LogP contribution is -1.96. The van der Waals surface area contributed by atoms with E-state index in [2.05, 4.69) is 25.7 Å². The van der Waals surface area contributed by atoms with Crippen LogP contribution in [0.25, 0.3) is 12.2 Å². The van der Waals surface area contributed by atoms with Crippen molar-refractivity contribution in [3.05, 3.63) is 50.4 Å². The van der Waals surface area contributed by atoms with E-state index in [1.54, 1.807) is 0 Å². The summed E-state index contributed by atoms with van der Waals surface area (Å²) in [6, 6.07) is 7.94. The Labute approximate surface area is 117 Å². The average molecular weight is 324 g/mol. The second-order valence-electron chi connectivity index (χ2n) is 3.44. The SMILES string of the molecule is COC(=O)c1cnc(C=Cc2ccc(Br)cc2)s1. The first-order valence-corrected chi connectivity index (χ1v) is 6.78. The normalized spacial score (nSPS) is 10.8. The minimum Gasteiger partial charge on any atom is -0.465 e. The quantitative estimate of drug-likeness (QED) is 0.805. The van der Waals surface area contributed by atoms with Crippen molar-refractivity contribution < 1.29 is 9.53 Å². The largest absolute Gasteiger partial charge is 0.465 e. The van der Waals surface area contributed by atoms with E-state index in [9.17, 15) is 4.79 Å². The summed E-state index contributed by atoms with van der Waals surface area (Å²) in [5.74, 6) is -0.351. The van der Waals surface area contributed by atoms with Gasteiger partial charge in [0.1, 0.15) is 9.88 Å². The first-order valence-electron chi connectivity index (χ1n) is 5.17. The molecular formula is C13H10BrNO2S. The van der Waals surface area contributed by atoms with Crippen LogP contribution in [0.3, 0.4) is 0 Å². The number of thiazole rings is 1. The van der Waals surface area contributed by atoms with Crippen molar-refractivity contribution in [3.8, 4) is 0 Å². The number of halogens is 1. The van der Waals surface area contributed by atoms with Crippen LogP contribution in [0, 0.1) is 0 Å². The minimum absolute atomic E-state index is 0.351. The van der Waals surface area contributed by atoms with Gasteiger partial charge in [0, 0.05) is 4.47 Å². The number of ether oxygens (including phenoxy) is 1. The van der Waals surface area contributed by atoms with E-state index in [4.69, 9.17) is 0 Å². The van der Waals surface area contributed by atoms with Gasteiger partial charge in [-0.25, -0.2) is 9.78 Å². The summed E-state index contributed by atoms with van der Waals surface area (Å²) in [5, 5.41) is 0.776. The van der Waals surface area contributed by atoms with Crippen molar-refractivity contribution in [2.24, 2.45) is 0 Å². The molecule has 0 amide bonds. The number of hydrogen-bond acceptors (Lipinski definition) is 4. The highest BCUT2D eigenvalue weighted by Crippen LogP contribution is 2.17. The van der Waals surface area contributed by atoms with Gasteiger partial charge in [-0.2, -0.15) is 0 Å². The van der Waals surface area contributed by atoms with Gasteiger partial charge in [-0.3, -0.25) is 0 Å². The molecule has 0 unspecified atom stereocenters. The Hall–Kier alpha value is -1.46. The van der Waals surface area contributed by atoms with Crippen LogP contribution in [-0.4, -0.2) is 18.1 Å². The molecule has 0 saturated carbocycles. The summed E-state index contributed by atoms with van der Waals surface area (Å²) in [5.41, 5.74) is 1.08. The Balaban J connectivity index is 2.11. The first kappa shape index (κ1) is 13.0. The summed E-state index contributed by atoms with van der Waals surface area (Å²) in [6.45, 7) is 0. The lowest BCUT2D eigenvalue weighted by molar-refractivity contribution is 0.0606. The van der Waals surface area contributed by atoms with Gasteiger partial charge in [-0.05, 0) is 23.8 Å². The highest BCUT2D eigenvalue weighted by molar-refractivity contribution is 9.10. The Morgan fingerprint density at radius 1 is 1.33 bits per heavy atom. The first-order chi connectivity index (χ1) is 8.69. The maximum absolute atomic E-state index is 11.3. The number of benzene rings is 1. The van der Waals surface area contributed by atoms with E-state index in [0.717, 1.165) is 15.0 Å². The molecule has 0 saturated heterocycles. The number of esters is 1. The summed E-state index contributed by atoms with van der Waals surface area (Å²) >= 11 is 4.69. The number of carbonyl (C=O) groups is 1. The molecule has 0 atom stereocenters. The molecule has 5 heteroatoms. The molecule has 3 nitrogen and oxygen atoms in total. The van der Waals surface area contributed by atoms with Crippen molar-refractivity contribution in [3.63, 3.8) is 0 Å². The summed E-state index contributed by atoms with van der Waals surface area (Å²) < 4.78 is 5.67. The molecule has 0 fully saturated rings. The number of methoxy groups -OCH3 is 1. The second-order valence-corrected chi connectivity index (χ2v) is 5.42. The van der Waals surface area contributed by atoms with Crippen LogP contribution in [-0.2, 0) is 4.74 Å². The third-order valence-electron chi connectivity index (χ3n) is 2.20. The van der Waals surface area contributed by atoms with E-state index in [-0.39, 0.29) is 5.97 Å². The van der Waals surface area contributed by atoms with Gasteiger partial charge >= 0.3 is 5.97 Å². The Bertz CT molecular complexity index is 575. The maximum atomic E-state index is 11.3. The van der Waals surface area contributed by atoms with Gasteiger partial charge in [-0.1, -0.05) is 34.1 Å². The number of carbonyl (C=O) groups excluding carboxylic acids is 1.